The number of benzene rings is 2. The molecule has 1 N–H and O–H groups in total. The molecule has 32 heavy (non-hydrogen) atoms. The van der Waals surface area contributed by atoms with Gasteiger partial charge in [0, 0.05) is 24.3 Å². The van der Waals surface area contributed by atoms with Crippen LogP contribution >= 0.6 is 12.4 Å². The van der Waals surface area contributed by atoms with Gasteiger partial charge in [0.25, 0.3) is 5.91 Å². The number of unbranched alkanes of at least 4 members (excludes halogenated alkanes) is 1. The third-order valence-electron chi connectivity index (χ3n) is 4.98. The number of carbonyl (C=O) groups is 2. The Morgan fingerprint density at radius 3 is 2.44 bits per heavy atom. The molecule has 0 aliphatic carbocycles. The standard InChI is InChI=1S/C24H30N2O5.ClH/c1-3-5-14-31-20-9-6-18(7-10-20)23(27)25-19-8-11-22(26-12-15-29-16-13-26)21(17-19)24(28)30-4-2;/h6-11,17H,3-5,12-16H2,1-2H3,(H,25,27);1H. The van der Waals surface area contributed by atoms with Crippen LogP contribution in [-0.2, 0) is 9.47 Å². The fourth-order valence-corrected chi connectivity index (χ4v) is 3.31. The first-order chi connectivity index (χ1) is 15.1. The van der Waals surface area contributed by atoms with Crippen molar-refractivity contribution in [1.29, 1.82) is 0 Å². The van der Waals surface area contributed by atoms with Gasteiger partial charge in [-0.3, -0.25) is 4.79 Å². The van der Waals surface area contributed by atoms with E-state index in [1.807, 2.05) is 6.07 Å². The zero-order chi connectivity index (χ0) is 22.1. The number of nitrogens with zero attached hydrogens (tertiary/aromatic N) is 1. The number of halogens is 1. The van der Waals surface area contributed by atoms with Crippen LogP contribution in [0, 0.1) is 0 Å². The van der Waals surface area contributed by atoms with E-state index >= 15 is 0 Å². The zero-order valence-corrected chi connectivity index (χ0v) is 19.4. The van der Waals surface area contributed by atoms with E-state index in [-0.39, 0.29) is 24.9 Å². The molecule has 0 unspecified atom stereocenters. The van der Waals surface area contributed by atoms with Gasteiger partial charge in [0.2, 0.25) is 0 Å². The van der Waals surface area contributed by atoms with Crippen LogP contribution in [-0.4, -0.2) is 51.4 Å². The fourth-order valence-electron chi connectivity index (χ4n) is 3.31. The lowest BCUT2D eigenvalue weighted by Gasteiger charge is -2.30. The summed E-state index contributed by atoms with van der Waals surface area (Å²) in [6, 6.07) is 12.3. The lowest BCUT2D eigenvalue weighted by atomic mass is 10.1. The second-order valence-corrected chi connectivity index (χ2v) is 7.23. The maximum atomic E-state index is 12.7. The van der Waals surface area contributed by atoms with Crippen LogP contribution in [0.4, 0.5) is 11.4 Å². The number of hydrogen-bond acceptors (Lipinski definition) is 6. The summed E-state index contributed by atoms with van der Waals surface area (Å²) < 4.78 is 16.3. The summed E-state index contributed by atoms with van der Waals surface area (Å²) in [7, 11) is 0. The van der Waals surface area contributed by atoms with Gasteiger partial charge in [0.1, 0.15) is 5.75 Å². The van der Waals surface area contributed by atoms with Crippen molar-refractivity contribution in [1.82, 2.24) is 0 Å². The Morgan fingerprint density at radius 1 is 1.06 bits per heavy atom. The Kier molecular flexibility index (Phi) is 10.3. The highest BCUT2D eigenvalue weighted by Crippen LogP contribution is 2.27. The van der Waals surface area contributed by atoms with E-state index in [9.17, 15) is 9.59 Å². The first kappa shape index (κ1) is 25.5. The normalized spacial score (nSPS) is 13.1. The topological polar surface area (TPSA) is 77.1 Å². The van der Waals surface area contributed by atoms with Gasteiger partial charge < -0.3 is 24.4 Å². The summed E-state index contributed by atoms with van der Waals surface area (Å²) in [5, 5.41) is 2.87. The maximum Gasteiger partial charge on any atom is 0.340 e. The van der Waals surface area contributed by atoms with E-state index in [4.69, 9.17) is 14.2 Å². The molecule has 3 rings (SSSR count). The second-order valence-electron chi connectivity index (χ2n) is 7.23. The van der Waals surface area contributed by atoms with Gasteiger partial charge in [-0.1, -0.05) is 13.3 Å². The molecule has 1 saturated heterocycles. The molecule has 0 spiro atoms. The number of carbonyl (C=O) groups excluding carboxylic acids is 2. The zero-order valence-electron chi connectivity index (χ0n) is 18.6. The summed E-state index contributed by atoms with van der Waals surface area (Å²) in [5.74, 6) is 0.0761. The van der Waals surface area contributed by atoms with Crippen LogP contribution in [0.1, 0.15) is 47.4 Å². The molecule has 1 aliphatic rings. The molecule has 7 nitrogen and oxygen atoms in total. The average molecular weight is 463 g/mol. The molecule has 2 aromatic carbocycles. The van der Waals surface area contributed by atoms with Gasteiger partial charge in [-0.25, -0.2) is 4.79 Å². The summed E-state index contributed by atoms with van der Waals surface area (Å²) in [6.45, 7) is 7.44. The molecule has 1 fully saturated rings. The van der Waals surface area contributed by atoms with Crippen molar-refractivity contribution < 1.29 is 23.8 Å². The first-order valence-electron chi connectivity index (χ1n) is 10.8. The van der Waals surface area contributed by atoms with Crippen LogP contribution < -0.4 is 15.0 Å². The minimum atomic E-state index is -0.409. The Balaban J connectivity index is 0.00000363. The number of hydrogen-bond donors (Lipinski definition) is 1. The Hall–Kier alpha value is -2.77. The van der Waals surface area contributed by atoms with Crippen LogP contribution in [0.3, 0.4) is 0 Å². The fraction of sp³-hybridized carbons (Fsp3) is 0.417. The molecular weight excluding hydrogens is 432 g/mol. The molecule has 1 heterocycles. The number of esters is 1. The van der Waals surface area contributed by atoms with Gasteiger partial charge in [-0.15, -0.1) is 12.4 Å². The maximum absolute atomic E-state index is 12.7. The summed E-state index contributed by atoms with van der Waals surface area (Å²) >= 11 is 0. The number of rotatable bonds is 9. The van der Waals surface area contributed by atoms with E-state index in [1.165, 1.54) is 0 Å². The van der Waals surface area contributed by atoms with Gasteiger partial charge in [0.05, 0.1) is 37.7 Å². The molecule has 0 atom stereocenters. The van der Waals surface area contributed by atoms with Crippen LogP contribution in [0.2, 0.25) is 0 Å². The molecule has 0 aromatic heterocycles. The first-order valence-corrected chi connectivity index (χ1v) is 10.8. The number of amides is 1. The quantitative estimate of drug-likeness (QED) is 0.435. The predicted molar refractivity (Wildman–Crippen MR) is 127 cm³/mol. The number of nitrogens with one attached hydrogen (secondary N) is 1. The van der Waals surface area contributed by atoms with Crippen LogP contribution in [0.25, 0.3) is 0 Å². The van der Waals surface area contributed by atoms with Crippen molar-refractivity contribution in [3.8, 4) is 5.75 Å². The van der Waals surface area contributed by atoms with Crippen molar-refractivity contribution in [2.24, 2.45) is 0 Å². The summed E-state index contributed by atoms with van der Waals surface area (Å²) in [4.78, 5) is 27.3. The van der Waals surface area contributed by atoms with Gasteiger partial charge in [-0.05, 0) is 55.8 Å². The van der Waals surface area contributed by atoms with Crippen LogP contribution in [0.5, 0.6) is 5.75 Å². The molecular formula is C24H31ClN2O5. The third-order valence-corrected chi connectivity index (χ3v) is 4.98. The highest BCUT2D eigenvalue weighted by atomic mass is 35.5. The SMILES string of the molecule is CCCCOc1ccc(C(=O)Nc2ccc(N3CCOCC3)c(C(=O)OCC)c2)cc1.Cl. The number of ether oxygens (including phenoxy) is 3. The minimum absolute atomic E-state index is 0. The van der Waals surface area contributed by atoms with E-state index < -0.39 is 5.97 Å². The van der Waals surface area contributed by atoms with E-state index in [2.05, 4.69) is 17.1 Å². The molecule has 0 bridgehead atoms. The molecule has 8 heteroatoms. The monoisotopic (exact) mass is 462 g/mol. The molecule has 0 saturated carbocycles. The van der Waals surface area contributed by atoms with Crippen molar-refractivity contribution in [2.45, 2.75) is 26.7 Å². The summed E-state index contributed by atoms with van der Waals surface area (Å²) in [6.07, 6.45) is 2.06. The molecule has 2 aromatic rings. The Morgan fingerprint density at radius 2 is 1.78 bits per heavy atom. The Bertz CT molecular complexity index is 882. The highest BCUT2D eigenvalue weighted by Gasteiger charge is 2.21. The average Bonchev–Trinajstić information content (AvgIpc) is 2.80. The van der Waals surface area contributed by atoms with Gasteiger partial charge in [-0.2, -0.15) is 0 Å². The predicted octanol–water partition coefficient (Wildman–Crippen LogP) is 4.55. The Labute approximate surface area is 195 Å². The molecule has 174 valence electrons. The van der Waals surface area contributed by atoms with Crippen molar-refractivity contribution in [3.05, 3.63) is 53.6 Å². The van der Waals surface area contributed by atoms with E-state index in [1.54, 1.807) is 43.3 Å². The third kappa shape index (κ3) is 6.87. The molecule has 1 aliphatic heterocycles. The van der Waals surface area contributed by atoms with Gasteiger partial charge in [0.15, 0.2) is 0 Å². The van der Waals surface area contributed by atoms with E-state index in [0.717, 1.165) is 24.3 Å². The largest absolute Gasteiger partial charge is 0.494 e. The summed E-state index contributed by atoms with van der Waals surface area (Å²) in [5.41, 5.74) is 2.26. The molecule has 1 amide bonds. The number of anilines is 2. The van der Waals surface area contributed by atoms with Crippen molar-refractivity contribution >= 4 is 35.7 Å². The van der Waals surface area contributed by atoms with Gasteiger partial charge >= 0.3 is 5.97 Å². The van der Waals surface area contributed by atoms with Crippen molar-refractivity contribution in [2.75, 3.05) is 49.7 Å². The highest BCUT2D eigenvalue weighted by molar-refractivity contribution is 6.05. The second kappa shape index (κ2) is 12.9. The smallest absolute Gasteiger partial charge is 0.340 e. The lowest BCUT2D eigenvalue weighted by molar-refractivity contribution is 0.0526. The number of morpholine rings is 1. The van der Waals surface area contributed by atoms with E-state index in [0.29, 0.717) is 49.7 Å². The van der Waals surface area contributed by atoms with Crippen LogP contribution in [0.15, 0.2) is 42.5 Å². The molecule has 0 radical (unpaired) electrons. The van der Waals surface area contributed by atoms with Crippen molar-refractivity contribution in [3.63, 3.8) is 0 Å². The lowest BCUT2D eigenvalue weighted by Crippen LogP contribution is -2.37. The minimum Gasteiger partial charge on any atom is -0.494 e.